The number of fused-ring (bicyclic) bond motifs is 1. The SMILES string of the molecule is CN(C)CCCNC(=O)C=CC(=O)Nc1cc2c(Nc3ccc(-c4cc(Cl)ccn4)c(Cl)c3)ncnc2cn1. The topological polar surface area (TPSA) is 125 Å². The van der Waals surface area contributed by atoms with Crippen molar-refractivity contribution < 1.29 is 9.59 Å². The van der Waals surface area contributed by atoms with Crippen molar-refractivity contribution >= 4 is 63.2 Å². The highest BCUT2D eigenvalue weighted by Crippen LogP contribution is 2.32. The Kier molecular flexibility index (Phi) is 9.37. The first kappa shape index (κ1) is 27.9. The minimum Gasteiger partial charge on any atom is -0.353 e. The molecule has 3 N–H and O–H groups in total. The standard InChI is InChI=1S/C27H26Cl2N8O2/c1-37(2)11-3-9-31-25(38)6-7-26(39)36-24-14-20-23(15-32-24)33-16-34-27(20)35-18-4-5-19(21(29)13-18)22-12-17(28)8-10-30-22/h4-8,10,12-16H,3,9,11H2,1-2H3,(H,31,38)(H,32,36,39)(H,33,34,35). The van der Waals surface area contributed by atoms with Gasteiger partial charge < -0.3 is 20.9 Å². The fourth-order valence-corrected chi connectivity index (χ4v) is 4.04. The fraction of sp³-hybridized carbons (Fsp3) is 0.185. The minimum atomic E-state index is -0.492. The molecule has 3 heterocycles. The third kappa shape index (κ3) is 7.93. The average Bonchev–Trinajstić information content (AvgIpc) is 2.90. The first-order valence-electron chi connectivity index (χ1n) is 12.0. The van der Waals surface area contributed by atoms with E-state index in [1.807, 2.05) is 31.1 Å². The number of nitrogens with zero attached hydrogens (tertiary/aromatic N) is 5. The predicted octanol–water partition coefficient (Wildman–Crippen LogP) is 4.70. The van der Waals surface area contributed by atoms with Crippen LogP contribution in [0.25, 0.3) is 22.2 Å². The molecule has 1 aromatic carbocycles. The highest BCUT2D eigenvalue weighted by atomic mass is 35.5. The van der Waals surface area contributed by atoms with Crippen molar-refractivity contribution in [3.63, 3.8) is 0 Å². The molecule has 10 nitrogen and oxygen atoms in total. The van der Waals surface area contributed by atoms with Gasteiger partial charge >= 0.3 is 0 Å². The van der Waals surface area contributed by atoms with Crippen LogP contribution >= 0.6 is 23.2 Å². The Labute approximate surface area is 235 Å². The Morgan fingerprint density at radius 3 is 2.56 bits per heavy atom. The van der Waals surface area contributed by atoms with Crippen LogP contribution in [0.3, 0.4) is 0 Å². The zero-order valence-electron chi connectivity index (χ0n) is 21.3. The van der Waals surface area contributed by atoms with Gasteiger partial charge in [-0.15, -0.1) is 0 Å². The number of aromatic nitrogens is 4. The van der Waals surface area contributed by atoms with Crippen molar-refractivity contribution in [3.05, 3.63) is 77.3 Å². The zero-order chi connectivity index (χ0) is 27.8. The largest absolute Gasteiger partial charge is 0.353 e. The fourth-order valence-electron chi connectivity index (χ4n) is 3.60. The number of benzene rings is 1. The Morgan fingerprint density at radius 2 is 1.79 bits per heavy atom. The molecule has 3 aromatic heterocycles. The molecule has 0 aliphatic rings. The van der Waals surface area contributed by atoms with Crippen molar-refractivity contribution in [1.82, 2.24) is 30.2 Å². The quantitative estimate of drug-likeness (QED) is 0.187. The average molecular weight is 565 g/mol. The van der Waals surface area contributed by atoms with Crippen molar-refractivity contribution in [3.8, 4) is 11.3 Å². The van der Waals surface area contributed by atoms with Gasteiger partial charge in [0.05, 0.1) is 22.4 Å². The lowest BCUT2D eigenvalue weighted by molar-refractivity contribution is -0.117. The van der Waals surface area contributed by atoms with Crippen molar-refractivity contribution in [1.29, 1.82) is 0 Å². The predicted molar refractivity (Wildman–Crippen MR) is 154 cm³/mol. The molecule has 2 amide bonds. The summed E-state index contributed by atoms with van der Waals surface area (Å²) in [6, 6.07) is 10.5. The highest BCUT2D eigenvalue weighted by molar-refractivity contribution is 6.34. The Bertz CT molecular complexity index is 1530. The van der Waals surface area contributed by atoms with E-state index >= 15 is 0 Å². The Balaban J connectivity index is 1.44. The van der Waals surface area contributed by atoms with Crippen LogP contribution in [0.5, 0.6) is 0 Å². The van der Waals surface area contributed by atoms with E-state index in [0.29, 0.717) is 44.7 Å². The normalized spacial score (nSPS) is 11.2. The summed E-state index contributed by atoms with van der Waals surface area (Å²) in [6.07, 6.45) is 7.72. The number of carbonyl (C=O) groups is 2. The van der Waals surface area contributed by atoms with Crippen molar-refractivity contribution in [2.45, 2.75) is 6.42 Å². The van der Waals surface area contributed by atoms with E-state index in [0.717, 1.165) is 24.6 Å². The summed E-state index contributed by atoms with van der Waals surface area (Å²) in [5, 5.41) is 10.3. The Morgan fingerprint density at radius 1 is 0.974 bits per heavy atom. The zero-order valence-corrected chi connectivity index (χ0v) is 22.8. The highest BCUT2D eigenvalue weighted by Gasteiger charge is 2.11. The van der Waals surface area contributed by atoms with E-state index in [2.05, 4.69) is 35.9 Å². The molecule has 0 aliphatic heterocycles. The van der Waals surface area contributed by atoms with Crippen LogP contribution in [0, 0.1) is 0 Å². The lowest BCUT2D eigenvalue weighted by Crippen LogP contribution is -2.25. The summed E-state index contributed by atoms with van der Waals surface area (Å²) in [7, 11) is 3.93. The van der Waals surface area contributed by atoms with Gasteiger partial charge in [-0.25, -0.2) is 15.0 Å². The summed E-state index contributed by atoms with van der Waals surface area (Å²) < 4.78 is 0. The van der Waals surface area contributed by atoms with Crippen LogP contribution in [-0.4, -0.2) is 63.8 Å². The summed E-state index contributed by atoms with van der Waals surface area (Å²) in [6.45, 7) is 1.38. The molecule has 0 fully saturated rings. The first-order valence-corrected chi connectivity index (χ1v) is 12.7. The summed E-state index contributed by atoms with van der Waals surface area (Å²) in [5.74, 6) is -0.0585. The number of rotatable bonds is 10. The van der Waals surface area contributed by atoms with Crippen molar-refractivity contribution in [2.75, 3.05) is 37.8 Å². The van der Waals surface area contributed by atoms with Crippen LogP contribution < -0.4 is 16.0 Å². The maximum Gasteiger partial charge on any atom is 0.249 e. The van der Waals surface area contributed by atoms with Gasteiger partial charge in [-0.05, 0) is 63.5 Å². The molecular weight excluding hydrogens is 539 g/mol. The summed E-state index contributed by atoms with van der Waals surface area (Å²) in [4.78, 5) is 43.5. The lowest BCUT2D eigenvalue weighted by Gasteiger charge is -2.11. The van der Waals surface area contributed by atoms with Crippen LogP contribution in [0.1, 0.15) is 6.42 Å². The molecule has 0 atom stereocenters. The molecule has 0 saturated heterocycles. The summed E-state index contributed by atoms with van der Waals surface area (Å²) >= 11 is 12.6. The molecule has 200 valence electrons. The summed E-state index contributed by atoms with van der Waals surface area (Å²) in [5.41, 5.74) is 2.66. The molecule has 39 heavy (non-hydrogen) atoms. The number of nitrogens with one attached hydrogen (secondary N) is 3. The van der Waals surface area contributed by atoms with Gasteiger partial charge in [0.2, 0.25) is 11.8 Å². The number of amides is 2. The van der Waals surface area contributed by atoms with Crippen LogP contribution in [0.2, 0.25) is 10.0 Å². The third-order valence-electron chi connectivity index (χ3n) is 5.47. The second-order valence-corrected chi connectivity index (χ2v) is 9.60. The van der Waals surface area contributed by atoms with E-state index < -0.39 is 5.91 Å². The minimum absolute atomic E-state index is 0.279. The monoisotopic (exact) mass is 564 g/mol. The molecule has 0 bridgehead atoms. The van der Waals surface area contributed by atoms with Crippen LogP contribution in [-0.2, 0) is 9.59 Å². The number of hydrogen-bond acceptors (Lipinski definition) is 8. The van der Waals surface area contributed by atoms with Crippen LogP contribution in [0.15, 0.2) is 67.3 Å². The van der Waals surface area contributed by atoms with Gasteiger partial charge in [0.25, 0.3) is 0 Å². The molecule has 12 heteroatoms. The van der Waals surface area contributed by atoms with Crippen LogP contribution in [0.4, 0.5) is 17.3 Å². The lowest BCUT2D eigenvalue weighted by atomic mass is 10.1. The number of anilines is 3. The second kappa shape index (κ2) is 13.1. The van der Waals surface area contributed by atoms with Gasteiger partial charge in [0.1, 0.15) is 18.0 Å². The smallest absolute Gasteiger partial charge is 0.249 e. The maximum absolute atomic E-state index is 12.4. The molecule has 0 aliphatic carbocycles. The van der Waals surface area contributed by atoms with E-state index in [1.54, 1.807) is 30.5 Å². The Hall–Kier alpha value is -4.12. The first-order chi connectivity index (χ1) is 18.8. The van der Waals surface area contributed by atoms with Gasteiger partial charge in [-0.2, -0.15) is 0 Å². The van der Waals surface area contributed by atoms with Gasteiger partial charge in [0.15, 0.2) is 0 Å². The number of pyridine rings is 2. The molecule has 4 aromatic rings. The van der Waals surface area contributed by atoms with Crippen molar-refractivity contribution in [2.24, 2.45) is 0 Å². The van der Waals surface area contributed by atoms with Gasteiger partial charge in [0, 0.05) is 46.6 Å². The molecular formula is C27H26Cl2N8O2. The van der Waals surface area contributed by atoms with Gasteiger partial charge in [-0.3, -0.25) is 14.6 Å². The molecule has 0 spiro atoms. The van der Waals surface area contributed by atoms with E-state index in [-0.39, 0.29) is 11.7 Å². The van der Waals surface area contributed by atoms with E-state index in [9.17, 15) is 9.59 Å². The number of hydrogen-bond donors (Lipinski definition) is 3. The number of halogens is 2. The molecule has 0 saturated carbocycles. The van der Waals surface area contributed by atoms with E-state index in [4.69, 9.17) is 23.2 Å². The second-order valence-electron chi connectivity index (χ2n) is 8.76. The molecule has 4 rings (SSSR count). The maximum atomic E-state index is 12.4. The number of carbonyl (C=O) groups excluding carboxylic acids is 2. The van der Waals surface area contributed by atoms with Gasteiger partial charge in [-0.1, -0.05) is 23.2 Å². The molecule has 0 unspecified atom stereocenters. The third-order valence-corrected chi connectivity index (χ3v) is 6.02. The van der Waals surface area contributed by atoms with E-state index in [1.165, 1.54) is 18.6 Å². The molecule has 0 radical (unpaired) electrons.